The van der Waals surface area contributed by atoms with Crippen LogP contribution in [0, 0.1) is 6.92 Å². The van der Waals surface area contributed by atoms with Crippen molar-refractivity contribution < 1.29 is 13.6 Å². The summed E-state index contributed by atoms with van der Waals surface area (Å²) in [4.78, 5) is 31.2. The molecule has 5 heterocycles. The highest BCUT2D eigenvalue weighted by Gasteiger charge is 2.42. The van der Waals surface area contributed by atoms with Gasteiger partial charge in [0.15, 0.2) is 0 Å². The maximum absolute atomic E-state index is 13.7. The van der Waals surface area contributed by atoms with E-state index in [0.29, 0.717) is 42.8 Å². The minimum Gasteiger partial charge on any atom is -0.335 e. The van der Waals surface area contributed by atoms with Crippen molar-refractivity contribution in [1.82, 2.24) is 34.2 Å². The minimum atomic E-state index is -2.65. The van der Waals surface area contributed by atoms with Gasteiger partial charge in [0.1, 0.15) is 5.52 Å². The topological polar surface area (TPSA) is 91.5 Å². The predicted molar refractivity (Wildman–Crippen MR) is 103 cm³/mol. The Hall–Kier alpha value is -3.08. The number of rotatable bonds is 3. The fourth-order valence-electron chi connectivity index (χ4n) is 4.19. The van der Waals surface area contributed by atoms with E-state index < -0.39 is 5.92 Å². The van der Waals surface area contributed by atoms with Gasteiger partial charge in [0.25, 0.3) is 17.4 Å². The van der Waals surface area contributed by atoms with Crippen molar-refractivity contribution in [1.29, 1.82) is 0 Å². The van der Waals surface area contributed by atoms with E-state index in [1.165, 1.54) is 15.4 Å². The number of carbonyl (C=O) groups excluding carboxylic acids is 1. The Morgan fingerprint density at radius 3 is 2.90 bits per heavy atom. The molecule has 1 N–H and O–H groups in total. The lowest BCUT2D eigenvalue weighted by atomic mass is 10.00. The van der Waals surface area contributed by atoms with Crippen LogP contribution in [0.1, 0.15) is 28.9 Å². The molecule has 3 aromatic heterocycles. The van der Waals surface area contributed by atoms with E-state index in [0.717, 1.165) is 0 Å². The Balaban J connectivity index is 1.32. The van der Waals surface area contributed by atoms with Gasteiger partial charge in [-0.1, -0.05) is 0 Å². The molecule has 2 saturated heterocycles. The molecule has 2 aliphatic rings. The number of amides is 1. The van der Waals surface area contributed by atoms with Gasteiger partial charge in [0.2, 0.25) is 5.95 Å². The zero-order chi connectivity index (χ0) is 21.0. The van der Waals surface area contributed by atoms with Crippen LogP contribution in [0.25, 0.3) is 11.5 Å². The molecule has 0 aliphatic carbocycles. The monoisotopic (exact) mass is 417 g/mol. The average Bonchev–Trinajstić information content (AvgIpc) is 3.26. The zero-order valence-corrected chi connectivity index (χ0v) is 16.4. The largest absolute Gasteiger partial charge is 0.335 e. The number of likely N-dealkylation sites (tertiary alicyclic amines) is 2. The molecule has 1 amide bonds. The van der Waals surface area contributed by atoms with Crippen LogP contribution in [0.15, 0.2) is 29.3 Å². The number of fused-ring (bicyclic) bond motifs is 1. The summed E-state index contributed by atoms with van der Waals surface area (Å²) in [5, 5.41) is 8.55. The highest BCUT2D eigenvalue weighted by molar-refractivity contribution is 5.95. The van der Waals surface area contributed by atoms with Crippen molar-refractivity contribution in [3.8, 4) is 5.95 Å². The van der Waals surface area contributed by atoms with Gasteiger partial charge in [-0.05, 0) is 32.0 Å². The Kier molecular flexibility index (Phi) is 4.24. The first-order valence-electron chi connectivity index (χ1n) is 9.86. The Labute approximate surface area is 169 Å². The van der Waals surface area contributed by atoms with E-state index in [9.17, 15) is 18.4 Å². The van der Waals surface area contributed by atoms with Gasteiger partial charge in [-0.3, -0.25) is 19.5 Å². The molecule has 0 unspecified atom stereocenters. The number of carbonyl (C=O) groups is 1. The quantitative estimate of drug-likeness (QED) is 0.689. The lowest BCUT2D eigenvalue weighted by Crippen LogP contribution is -2.63. The third-order valence-electron chi connectivity index (χ3n) is 5.92. The van der Waals surface area contributed by atoms with Crippen LogP contribution < -0.4 is 5.56 Å². The number of H-pyrrole nitrogens is 1. The van der Waals surface area contributed by atoms with Crippen molar-refractivity contribution in [3.05, 3.63) is 46.1 Å². The summed E-state index contributed by atoms with van der Waals surface area (Å²) in [7, 11) is 0. The molecule has 0 spiro atoms. The third kappa shape index (κ3) is 3.09. The van der Waals surface area contributed by atoms with E-state index in [4.69, 9.17) is 0 Å². The van der Waals surface area contributed by atoms with Crippen LogP contribution in [-0.2, 0) is 0 Å². The van der Waals surface area contributed by atoms with Crippen molar-refractivity contribution in [3.63, 3.8) is 0 Å². The molecule has 11 heteroatoms. The number of piperidine rings is 1. The van der Waals surface area contributed by atoms with Gasteiger partial charge in [0, 0.05) is 31.7 Å². The second kappa shape index (κ2) is 6.73. The van der Waals surface area contributed by atoms with E-state index in [-0.39, 0.29) is 36.4 Å². The first-order chi connectivity index (χ1) is 14.3. The number of aromatic nitrogens is 5. The summed E-state index contributed by atoms with van der Waals surface area (Å²) in [5.41, 5.74) is 1.04. The number of hydrogen-bond acceptors (Lipinski definition) is 5. The summed E-state index contributed by atoms with van der Waals surface area (Å²) in [6, 6.07) is 3.33. The molecule has 0 saturated carbocycles. The maximum atomic E-state index is 13.7. The van der Waals surface area contributed by atoms with E-state index >= 15 is 0 Å². The van der Waals surface area contributed by atoms with Gasteiger partial charge < -0.3 is 4.90 Å². The molecule has 2 fully saturated rings. The SMILES string of the molecule is Cc1c(C(=O)N2CC(N3CCCC(F)(F)C3)C2)cnn1-c1nn2cccc2c(=O)[nH]1. The molecule has 0 atom stereocenters. The fraction of sp³-hybridized carbons (Fsp3) is 0.474. The number of halogens is 2. The third-order valence-corrected chi connectivity index (χ3v) is 5.92. The van der Waals surface area contributed by atoms with Crippen LogP contribution in [0.2, 0.25) is 0 Å². The van der Waals surface area contributed by atoms with Gasteiger partial charge >= 0.3 is 0 Å². The smallest absolute Gasteiger partial charge is 0.276 e. The number of alkyl halides is 2. The molecule has 2 aliphatic heterocycles. The first kappa shape index (κ1) is 18.9. The van der Waals surface area contributed by atoms with Crippen molar-refractivity contribution in [2.45, 2.75) is 31.7 Å². The van der Waals surface area contributed by atoms with Gasteiger partial charge in [0.05, 0.1) is 24.0 Å². The standard InChI is InChI=1S/C19H21F2N7O2/c1-12-14(8-22-28(12)18-23-16(29)15-4-2-7-27(15)24-18)17(30)26-9-13(10-26)25-6-3-5-19(20,21)11-25/h2,4,7-8,13H,3,5-6,9-11H2,1H3,(H,23,24,29). The number of aromatic amines is 1. The maximum Gasteiger partial charge on any atom is 0.276 e. The molecular weight excluding hydrogens is 396 g/mol. The fourth-order valence-corrected chi connectivity index (χ4v) is 4.19. The van der Waals surface area contributed by atoms with Crippen molar-refractivity contribution in [2.24, 2.45) is 0 Å². The summed E-state index contributed by atoms with van der Waals surface area (Å²) >= 11 is 0. The Morgan fingerprint density at radius 1 is 1.33 bits per heavy atom. The molecule has 0 aromatic carbocycles. The molecule has 3 aromatic rings. The Morgan fingerprint density at radius 2 is 2.13 bits per heavy atom. The van der Waals surface area contributed by atoms with E-state index in [2.05, 4.69) is 15.2 Å². The average molecular weight is 417 g/mol. The van der Waals surface area contributed by atoms with Crippen LogP contribution in [-0.4, -0.2) is 78.2 Å². The number of nitrogens with one attached hydrogen (secondary N) is 1. The van der Waals surface area contributed by atoms with Crippen LogP contribution in [0.5, 0.6) is 0 Å². The lowest BCUT2D eigenvalue weighted by molar-refractivity contribution is -0.0906. The van der Waals surface area contributed by atoms with E-state index in [1.807, 2.05) is 0 Å². The second-order valence-electron chi connectivity index (χ2n) is 7.97. The number of nitrogens with zero attached hydrogens (tertiary/aromatic N) is 6. The summed E-state index contributed by atoms with van der Waals surface area (Å²) in [6.45, 7) is 2.97. The Bertz CT molecular complexity index is 1180. The molecule has 0 radical (unpaired) electrons. The predicted octanol–water partition coefficient (Wildman–Crippen LogP) is 1.07. The van der Waals surface area contributed by atoms with Gasteiger partial charge in [-0.25, -0.2) is 18.0 Å². The van der Waals surface area contributed by atoms with Crippen LogP contribution in [0.4, 0.5) is 8.78 Å². The normalized spacial score (nSPS) is 19.9. The van der Waals surface area contributed by atoms with Crippen molar-refractivity contribution in [2.75, 3.05) is 26.2 Å². The summed E-state index contributed by atoms with van der Waals surface area (Å²) in [5.74, 6) is -2.65. The molecule has 9 nitrogen and oxygen atoms in total. The molecule has 158 valence electrons. The van der Waals surface area contributed by atoms with E-state index in [1.54, 1.807) is 35.1 Å². The van der Waals surface area contributed by atoms with Crippen LogP contribution >= 0.6 is 0 Å². The molecule has 30 heavy (non-hydrogen) atoms. The lowest BCUT2D eigenvalue weighted by Gasteiger charge is -2.47. The summed E-state index contributed by atoms with van der Waals surface area (Å²) in [6.07, 6.45) is 3.51. The summed E-state index contributed by atoms with van der Waals surface area (Å²) < 4.78 is 30.2. The molecule has 5 rings (SSSR count). The van der Waals surface area contributed by atoms with Crippen LogP contribution in [0.3, 0.4) is 0 Å². The number of hydrogen-bond donors (Lipinski definition) is 1. The second-order valence-corrected chi connectivity index (χ2v) is 7.97. The molecule has 0 bridgehead atoms. The van der Waals surface area contributed by atoms with Gasteiger partial charge in [-0.2, -0.15) is 5.10 Å². The minimum absolute atomic E-state index is 0.0374. The highest BCUT2D eigenvalue weighted by atomic mass is 19.3. The van der Waals surface area contributed by atoms with Crippen molar-refractivity contribution >= 4 is 11.4 Å². The van der Waals surface area contributed by atoms with Gasteiger partial charge in [-0.15, -0.1) is 5.10 Å². The first-order valence-corrected chi connectivity index (χ1v) is 9.86. The molecular formula is C19H21F2N7O2. The highest BCUT2D eigenvalue weighted by Crippen LogP contribution is 2.30. The zero-order valence-electron chi connectivity index (χ0n) is 16.4.